The number of fused-ring (bicyclic) bond motifs is 1. The van der Waals surface area contributed by atoms with Gasteiger partial charge < -0.3 is 15.0 Å². The van der Waals surface area contributed by atoms with Gasteiger partial charge in [0.2, 0.25) is 0 Å². The van der Waals surface area contributed by atoms with Crippen LogP contribution in [0.15, 0.2) is 54.6 Å². The van der Waals surface area contributed by atoms with Crippen molar-refractivity contribution in [1.29, 1.82) is 0 Å². The number of carbonyl (C=O) groups excluding carboxylic acids is 2. The van der Waals surface area contributed by atoms with Gasteiger partial charge in [-0.3, -0.25) is 9.59 Å². The zero-order valence-corrected chi connectivity index (χ0v) is 18.2. The molecule has 4 rings (SSSR count). The van der Waals surface area contributed by atoms with E-state index >= 15 is 0 Å². The molecule has 7 heteroatoms. The van der Waals surface area contributed by atoms with Gasteiger partial charge >= 0.3 is 0 Å². The van der Waals surface area contributed by atoms with Gasteiger partial charge in [0, 0.05) is 23.5 Å². The van der Waals surface area contributed by atoms with Crippen molar-refractivity contribution in [3.05, 3.63) is 86.9 Å². The van der Waals surface area contributed by atoms with Gasteiger partial charge in [-0.2, -0.15) is 0 Å². The molecule has 2 heterocycles. The lowest BCUT2D eigenvalue weighted by molar-refractivity contribution is 0.0735. The summed E-state index contributed by atoms with van der Waals surface area (Å²) in [4.78, 5) is 29.0. The number of nitrogens with one attached hydrogen (secondary N) is 1. The molecule has 0 saturated carbocycles. The van der Waals surface area contributed by atoms with E-state index in [0.29, 0.717) is 30.0 Å². The van der Waals surface area contributed by atoms with Crippen molar-refractivity contribution < 1.29 is 18.7 Å². The van der Waals surface area contributed by atoms with Gasteiger partial charge in [-0.05, 0) is 66.9 Å². The van der Waals surface area contributed by atoms with Crippen LogP contribution >= 0.6 is 11.3 Å². The highest BCUT2D eigenvalue weighted by Gasteiger charge is 2.25. The first-order valence-electron chi connectivity index (χ1n) is 10.1. The smallest absolute Gasteiger partial charge is 0.261 e. The summed E-state index contributed by atoms with van der Waals surface area (Å²) >= 11 is 1.48. The van der Waals surface area contributed by atoms with E-state index in [2.05, 4.69) is 5.32 Å². The topological polar surface area (TPSA) is 58.6 Å². The summed E-state index contributed by atoms with van der Waals surface area (Å²) in [6.45, 7) is 2.96. The lowest BCUT2D eigenvalue weighted by Crippen LogP contribution is -2.35. The Morgan fingerprint density at radius 3 is 2.52 bits per heavy atom. The average Bonchev–Trinajstić information content (AvgIpc) is 3.23. The fourth-order valence-electron chi connectivity index (χ4n) is 3.64. The van der Waals surface area contributed by atoms with Crippen LogP contribution < -0.4 is 10.1 Å². The molecule has 5 nitrogen and oxygen atoms in total. The minimum atomic E-state index is -0.366. The molecular weight excluding hydrogens is 415 g/mol. The molecule has 1 aliphatic rings. The number of hydrogen-bond acceptors (Lipinski definition) is 4. The molecule has 0 fully saturated rings. The number of nitrogens with zero attached hydrogens (tertiary/aromatic N) is 1. The Hall–Kier alpha value is -3.19. The Labute approximate surface area is 184 Å². The van der Waals surface area contributed by atoms with Crippen molar-refractivity contribution in [3.63, 3.8) is 0 Å². The number of benzene rings is 2. The SMILES string of the molecule is COc1ccc([C@@H](C)NC(=O)c2cc3c(s2)CCN(C(=O)c2ccc(F)cc2)C3)cc1. The molecule has 31 heavy (non-hydrogen) atoms. The summed E-state index contributed by atoms with van der Waals surface area (Å²) in [7, 11) is 1.62. The average molecular weight is 439 g/mol. The highest BCUT2D eigenvalue weighted by atomic mass is 32.1. The summed E-state index contributed by atoms with van der Waals surface area (Å²) in [6, 6.07) is 14.9. The van der Waals surface area contributed by atoms with Crippen LogP contribution in [0.25, 0.3) is 0 Å². The Kier molecular flexibility index (Phi) is 6.04. The van der Waals surface area contributed by atoms with E-state index in [0.717, 1.165) is 21.8 Å². The second-order valence-electron chi connectivity index (χ2n) is 7.51. The number of hydrogen-bond donors (Lipinski definition) is 1. The van der Waals surface area contributed by atoms with E-state index in [9.17, 15) is 14.0 Å². The zero-order chi connectivity index (χ0) is 22.0. The van der Waals surface area contributed by atoms with E-state index in [4.69, 9.17) is 4.74 Å². The first kappa shape index (κ1) is 21.1. The van der Waals surface area contributed by atoms with E-state index < -0.39 is 0 Å². The van der Waals surface area contributed by atoms with Crippen LogP contribution in [0.4, 0.5) is 4.39 Å². The first-order chi connectivity index (χ1) is 14.9. The normalized spacial score (nSPS) is 14.0. The van der Waals surface area contributed by atoms with Crippen LogP contribution in [0, 0.1) is 5.82 Å². The standard InChI is InChI=1S/C24H23FN2O3S/c1-15(16-5-9-20(30-2)10-6-16)26-23(28)22-13-18-14-27(12-11-21(18)31-22)24(29)17-3-7-19(25)8-4-17/h3-10,13,15H,11-12,14H2,1-2H3,(H,26,28)/t15-/m1/s1. The zero-order valence-electron chi connectivity index (χ0n) is 17.4. The van der Waals surface area contributed by atoms with Gasteiger partial charge in [0.1, 0.15) is 11.6 Å². The van der Waals surface area contributed by atoms with Crippen molar-refractivity contribution in [2.24, 2.45) is 0 Å². The van der Waals surface area contributed by atoms with Crippen molar-refractivity contribution in [3.8, 4) is 5.75 Å². The summed E-state index contributed by atoms with van der Waals surface area (Å²) in [6.07, 6.45) is 0.703. The number of methoxy groups -OCH3 is 1. The molecule has 0 unspecified atom stereocenters. The number of rotatable bonds is 5. The number of carbonyl (C=O) groups is 2. The molecule has 1 atom stereocenters. The number of thiophene rings is 1. The number of amides is 2. The third-order valence-corrected chi connectivity index (χ3v) is 6.67. The molecule has 2 amide bonds. The van der Waals surface area contributed by atoms with Crippen LogP contribution in [0.5, 0.6) is 5.75 Å². The van der Waals surface area contributed by atoms with Crippen LogP contribution in [0.1, 0.15) is 49.0 Å². The fourth-order valence-corrected chi connectivity index (χ4v) is 4.70. The van der Waals surface area contributed by atoms with Crippen LogP contribution in [-0.4, -0.2) is 30.4 Å². The molecule has 0 saturated heterocycles. The maximum absolute atomic E-state index is 13.1. The van der Waals surface area contributed by atoms with Gasteiger partial charge in [-0.1, -0.05) is 12.1 Å². The van der Waals surface area contributed by atoms with Gasteiger partial charge in [0.05, 0.1) is 18.0 Å². The Morgan fingerprint density at radius 2 is 1.84 bits per heavy atom. The molecule has 0 radical (unpaired) electrons. The second kappa shape index (κ2) is 8.89. The van der Waals surface area contributed by atoms with Crippen LogP contribution in [0.2, 0.25) is 0 Å². The lowest BCUT2D eigenvalue weighted by atomic mass is 10.1. The summed E-state index contributed by atoms with van der Waals surface area (Å²) in [5.74, 6) is 0.151. The quantitative estimate of drug-likeness (QED) is 0.634. The van der Waals surface area contributed by atoms with Gasteiger partial charge in [-0.25, -0.2) is 4.39 Å². The number of halogens is 1. The Morgan fingerprint density at radius 1 is 1.13 bits per heavy atom. The summed E-state index contributed by atoms with van der Waals surface area (Å²) in [5.41, 5.74) is 2.45. The molecule has 160 valence electrons. The predicted molar refractivity (Wildman–Crippen MR) is 118 cm³/mol. The van der Waals surface area contributed by atoms with Crippen molar-refractivity contribution in [2.75, 3.05) is 13.7 Å². The van der Waals surface area contributed by atoms with E-state index in [1.165, 1.54) is 35.6 Å². The van der Waals surface area contributed by atoms with Crippen LogP contribution in [0.3, 0.4) is 0 Å². The molecule has 2 aromatic carbocycles. The fraction of sp³-hybridized carbons (Fsp3) is 0.250. The molecule has 1 N–H and O–H groups in total. The van der Waals surface area contributed by atoms with Crippen molar-refractivity contribution >= 4 is 23.2 Å². The molecule has 0 bridgehead atoms. The molecular formula is C24H23FN2O3S. The van der Waals surface area contributed by atoms with Crippen molar-refractivity contribution in [2.45, 2.75) is 25.9 Å². The largest absolute Gasteiger partial charge is 0.497 e. The first-order valence-corrected chi connectivity index (χ1v) is 10.9. The van der Waals surface area contributed by atoms with Gasteiger partial charge in [-0.15, -0.1) is 11.3 Å². The highest BCUT2D eigenvalue weighted by Crippen LogP contribution is 2.29. The lowest BCUT2D eigenvalue weighted by Gasteiger charge is -2.27. The Balaban J connectivity index is 1.42. The van der Waals surface area contributed by atoms with Gasteiger partial charge in [0.25, 0.3) is 11.8 Å². The summed E-state index contributed by atoms with van der Waals surface area (Å²) < 4.78 is 18.3. The second-order valence-corrected chi connectivity index (χ2v) is 8.65. The van der Waals surface area contributed by atoms with E-state index in [1.54, 1.807) is 12.0 Å². The maximum Gasteiger partial charge on any atom is 0.261 e. The monoisotopic (exact) mass is 438 g/mol. The molecule has 3 aromatic rings. The predicted octanol–water partition coefficient (Wildman–Crippen LogP) is 4.59. The minimum Gasteiger partial charge on any atom is -0.497 e. The highest BCUT2D eigenvalue weighted by molar-refractivity contribution is 7.14. The molecule has 1 aliphatic heterocycles. The molecule has 1 aromatic heterocycles. The van der Waals surface area contributed by atoms with Gasteiger partial charge in [0.15, 0.2) is 0 Å². The summed E-state index contributed by atoms with van der Waals surface area (Å²) in [5, 5.41) is 3.04. The third kappa shape index (κ3) is 4.61. The molecule has 0 aliphatic carbocycles. The molecule has 0 spiro atoms. The minimum absolute atomic E-state index is 0.126. The maximum atomic E-state index is 13.1. The Bertz CT molecular complexity index is 1090. The van der Waals surface area contributed by atoms with E-state index in [-0.39, 0.29) is 23.7 Å². The third-order valence-electron chi connectivity index (χ3n) is 5.43. The number of ether oxygens (including phenoxy) is 1. The van der Waals surface area contributed by atoms with Crippen molar-refractivity contribution in [1.82, 2.24) is 10.2 Å². The van der Waals surface area contributed by atoms with Crippen LogP contribution in [-0.2, 0) is 13.0 Å². The van der Waals surface area contributed by atoms with E-state index in [1.807, 2.05) is 37.3 Å².